The Balaban J connectivity index is 2.34. The summed E-state index contributed by atoms with van der Waals surface area (Å²) in [6.45, 7) is 5.92. The first-order chi connectivity index (χ1) is 10.0. The van der Waals surface area contributed by atoms with Crippen molar-refractivity contribution in [2.45, 2.75) is 46.2 Å². The summed E-state index contributed by atoms with van der Waals surface area (Å²) in [5.41, 5.74) is 0. The van der Waals surface area contributed by atoms with Crippen LogP contribution in [0.25, 0.3) is 0 Å². The van der Waals surface area contributed by atoms with Crippen molar-refractivity contribution in [1.29, 1.82) is 0 Å². The van der Waals surface area contributed by atoms with Gasteiger partial charge in [0, 0.05) is 25.9 Å². The predicted molar refractivity (Wildman–Crippen MR) is 76.0 cm³/mol. The maximum absolute atomic E-state index is 11.2. The van der Waals surface area contributed by atoms with Gasteiger partial charge < -0.3 is 15.2 Å². The van der Waals surface area contributed by atoms with E-state index < -0.39 is 5.97 Å². The van der Waals surface area contributed by atoms with Crippen molar-refractivity contribution in [3.8, 4) is 0 Å². The van der Waals surface area contributed by atoms with E-state index in [1.807, 2.05) is 30.8 Å². The van der Waals surface area contributed by atoms with E-state index in [1.54, 1.807) is 6.08 Å². The van der Waals surface area contributed by atoms with Gasteiger partial charge in [-0.15, -0.1) is 0 Å². The minimum atomic E-state index is -1.01. The lowest BCUT2D eigenvalue weighted by molar-refractivity contribution is -0.702. The third-order valence-corrected chi connectivity index (χ3v) is 3.23. The van der Waals surface area contributed by atoms with Gasteiger partial charge in [0.15, 0.2) is 0 Å². The first kappa shape index (κ1) is 16.9. The van der Waals surface area contributed by atoms with Crippen molar-refractivity contribution in [1.82, 2.24) is 9.88 Å². The molecule has 0 bridgehead atoms. The number of aliphatic carboxylic acids is 1. The molecule has 21 heavy (non-hydrogen) atoms. The van der Waals surface area contributed by atoms with Gasteiger partial charge in [-0.1, -0.05) is 6.08 Å². The molecule has 6 nitrogen and oxygen atoms in total. The lowest BCUT2D eigenvalue weighted by Crippen LogP contribution is -2.37. The number of nitrogens with one attached hydrogen (secondary N) is 1. The number of rotatable bonds is 9. The first-order valence-corrected chi connectivity index (χ1v) is 7.20. The fourth-order valence-corrected chi connectivity index (χ4v) is 2.08. The summed E-state index contributed by atoms with van der Waals surface area (Å²) in [6, 6.07) is 0. The van der Waals surface area contributed by atoms with E-state index in [2.05, 4.69) is 9.88 Å². The second kappa shape index (κ2) is 8.94. The van der Waals surface area contributed by atoms with Crippen molar-refractivity contribution in [2.75, 3.05) is 6.54 Å². The molecule has 6 heteroatoms. The molecule has 1 aromatic heterocycles. The maximum atomic E-state index is 11.2. The molecule has 0 aliphatic rings. The van der Waals surface area contributed by atoms with Gasteiger partial charge in [0.25, 0.3) is 5.82 Å². The first-order valence-electron chi connectivity index (χ1n) is 7.20. The molecular formula is C15H23N3O3. The highest BCUT2D eigenvalue weighted by Gasteiger charge is 2.11. The highest BCUT2D eigenvalue weighted by molar-refractivity contribution is 5.87. The van der Waals surface area contributed by atoms with Gasteiger partial charge in [0.1, 0.15) is 12.4 Å². The molecule has 0 fully saturated rings. The van der Waals surface area contributed by atoms with E-state index in [9.17, 15) is 14.7 Å². The Morgan fingerprint density at radius 3 is 2.86 bits per heavy atom. The van der Waals surface area contributed by atoms with Crippen molar-refractivity contribution in [3.05, 3.63) is 30.4 Å². The van der Waals surface area contributed by atoms with E-state index in [4.69, 9.17) is 0 Å². The molecule has 0 unspecified atom stereocenters. The molecule has 0 saturated carbocycles. The SMILES string of the molecule is CC=CC(=O)NCCC[n+]1ccn(CCCC(=O)[O-])c1C. The number of nitrogens with zero attached hydrogens (tertiary/aromatic N) is 2. The van der Waals surface area contributed by atoms with E-state index in [1.165, 1.54) is 6.08 Å². The molecule has 1 amide bonds. The standard InChI is InChI=1S/C15H23N3O3/c1-3-6-14(19)16-8-5-10-18-12-11-17(13(18)2)9-4-7-15(20)21/h3,6,11-12H,4-5,7-10H2,1-2H3,(H-,16,19,20,21). The molecular weight excluding hydrogens is 270 g/mol. The third-order valence-electron chi connectivity index (χ3n) is 3.23. The molecule has 0 aromatic carbocycles. The normalized spacial score (nSPS) is 11.0. The number of allylic oxidation sites excluding steroid dienone is 1. The Bertz CT molecular complexity index is 506. The van der Waals surface area contributed by atoms with Crippen LogP contribution >= 0.6 is 0 Å². The van der Waals surface area contributed by atoms with Crippen LogP contribution < -0.4 is 15.0 Å². The van der Waals surface area contributed by atoms with Gasteiger partial charge in [0.2, 0.25) is 5.91 Å². The second-order valence-corrected chi connectivity index (χ2v) is 4.85. The van der Waals surface area contributed by atoms with E-state index in [0.29, 0.717) is 19.5 Å². The summed E-state index contributed by atoms with van der Waals surface area (Å²) >= 11 is 0. The summed E-state index contributed by atoms with van der Waals surface area (Å²) in [7, 11) is 0. The quantitative estimate of drug-likeness (QED) is 0.386. The second-order valence-electron chi connectivity index (χ2n) is 4.85. The van der Waals surface area contributed by atoms with Crippen molar-refractivity contribution in [2.24, 2.45) is 0 Å². The van der Waals surface area contributed by atoms with Crippen LogP contribution in [0.5, 0.6) is 0 Å². The number of carbonyl (C=O) groups excluding carboxylic acids is 2. The lowest BCUT2D eigenvalue weighted by atomic mass is 10.3. The molecule has 0 aliphatic heterocycles. The summed E-state index contributed by atoms with van der Waals surface area (Å²) in [6.07, 6.45) is 8.63. The molecule has 1 rings (SSSR count). The van der Waals surface area contributed by atoms with Gasteiger partial charge in [0.05, 0.1) is 13.1 Å². The van der Waals surface area contributed by atoms with Gasteiger partial charge in [-0.3, -0.25) is 4.79 Å². The molecule has 0 aliphatic carbocycles. The van der Waals surface area contributed by atoms with Crippen LogP contribution in [0.4, 0.5) is 0 Å². The average Bonchev–Trinajstić information content (AvgIpc) is 2.76. The zero-order chi connectivity index (χ0) is 15.7. The van der Waals surface area contributed by atoms with E-state index in [0.717, 1.165) is 18.8 Å². The van der Waals surface area contributed by atoms with Crippen LogP contribution in [-0.2, 0) is 22.7 Å². The van der Waals surface area contributed by atoms with Gasteiger partial charge in [-0.2, -0.15) is 0 Å². The fourth-order valence-electron chi connectivity index (χ4n) is 2.08. The zero-order valence-corrected chi connectivity index (χ0v) is 12.7. The smallest absolute Gasteiger partial charge is 0.253 e. The van der Waals surface area contributed by atoms with Crippen molar-refractivity contribution in [3.63, 3.8) is 0 Å². The number of carbonyl (C=O) groups is 2. The Morgan fingerprint density at radius 1 is 1.43 bits per heavy atom. The molecule has 0 atom stereocenters. The van der Waals surface area contributed by atoms with Crippen LogP contribution in [0.15, 0.2) is 24.5 Å². The van der Waals surface area contributed by atoms with Crippen molar-refractivity contribution >= 4 is 11.9 Å². The van der Waals surface area contributed by atoms with Crippen LogP contribution in [-0.4, -0.2) is 23.0 Å². The Labute approximate surface area is 125 Å². The van der Waals surface area contributed by atoms with E-state index >= 15 is 0 Å². The summed E-state index contributed by atoms with van der Waals surface area (Å²) < 4.78 is 4.13. The lowest BCUT2D eigenvalue weighted by Gasteiger charge is -2.03. The summed E-state index contributed by atoms with van der Waals surface area (Å²) in [5, 5.41) is 13.2. The minimum Gasteiger partial charge on any atom is -0.550 e. The highest BCUT2D eigenvalue weighted by atomic mass is 16.4. The molecule has 1 N–H and O–H groups in total. The summed E-state index contributed by atoms with van der Waals surface area (Å²) in [4.78, 5) is 21.6. The summed E-state index contributed by atoms with van der Waals surface area (Å²) in [5.74, 6) is -0.00300. The Kier molecular flexibility index (Phi) is 7.21. The Hall–Kier alpha value is -2.11. The number of aromatic nitrogens is 2. The average molecular weight is 293 g/mol. The number of hydrogen-bond donors (Lipinski definition) is 1. The van der Waals surface area contributed by atoms with Crippen LogP contribution in [0, 0.1) is 6.92 Å². The molecule has 0 saturated heterocycles. The minimum absolute atomic E-state index is 0.0703. The number of amides is 1. The molecule has 0 radical (unpaired) electrons. The van der Waals surface area contributed by atoms with Crippen LogP contribution in [0.2, 0.25) is 0 Å². The molecule has 1 aromatic rings. The number of imidazole rings is 1. The van der Waals surface area contributed by atoms with Crippen LogP contribution in [0.3, 0.4) is 0 Å². The van der Waals surface area contributed by atoms with Crippen LogP contribution in [0.1, 0.15) is 32.0 Å². The zero-order valence-electron chi connectivity index (χ0n) is 12.7. The van der Waals surface area contributed by atoms with Crippen molar-refractivity contribution < 1.29 is 19.3 Å². The monoisotopic (exact) mass is 293 g/mol. The number of carboxylic acids is 1. The maximum Gasteiger partial charge on any atom is 0.253 e. The largest absolute Gasteiger partial charge is 0.550 e. The number of carboxylic acid groups (broad SMARTS) is 1. The molecule has 1 heterocycles. The number of aryl methyl sites for hydroxylation is 2. The third kappa shape index (κ3) is 6.25. The topological polar surface area (TPSA) is 78.0 Å². The Morgan fingerprint density at radius 2 is 2.19 bits per heavy atom. The van der Waals surface area contributed by atoms with Gasteiger partial charge >= 0.3 is 0 Å². The molecule has 116 valence electrons. The van der Waals surface area contributed by atoms with Gasteiger partial charge in [-0.25, -0.2) is 9.13 Å². The predicted octanol–water partition coefficient (Wildman–Crippen LogP) is -0.303. The molecule has 0 spiro atoms. The van der Waals surface area contributed by atoms with E-state index in [-0.39, 0.29) is 12.3 Å². The number of hydrogen-bond acceptors (Lipinski definition) is 3. The van der Waals surface area contributed by atoms with Gasteiger partial charge in [-0.05, 0) is 25.8 Å². The fraction of sp³-hybridized carbons (Fsp3) is 0.533. The highest BCUT2D eigenvalue weighted by Crippen LogP contribution is 1.99.